The summed E-state index contributed by atoms with van der Waals surface area (Å²) in [4.78, 5) is 8.46. The summed E-state index contributed by atoms with van der Waals surface area (Å²) in [5.41, 5.74) is 0.629. The number of nitrogens with zero attached hydrogens (tertiary/aromatic N) is 3. The van der Waals surface area contributed by atoms with Gasteiger partial charge in [-0.25, -0.2) is 0 Å². The molecule has 0 unspecified atom stereocenters. The Morgan fingerprint density at radius 1 is 1.44 bits per heavy atom. The van der Waals surface area contributed by atoms with Crippen molar-refractivity contribution in [3.8, 4) is 5.88 Å². The summed E-state index contributed by atoms with van der Waals surface area (Å²) < 4.78 is 10.8. The molecule has 0 saturated heterocycles. The van der Waals surface area contributed by atoms with E-state index >= 15 is 0 Å². The molecule has 2 N–H and O–H groups in total. The first-order valence-corrected chi connectivity index (χ1v) is 5.41. The third-order valence-electron chi connectivity index (χ3n) is 2.43. The Bertz CT molecular complexity index is 647. The average Bonchev–Trinajstić information content (AvgIpc) is 3.06. The van der Waals surface area contributed by atoms with E-state index < -0.39 is 0 Å². The summed E-state index contributed by atoms with van der Waals surface area (Å²) in [6.45, 7) is 0.313. The smallest absolute Gasteiger partial charge is 0.230 e. The summed E-state index contributed by atoms with van der Waals surface area (Å²) in [5, 5.41) is 10.3. The average molecular weight is 245 g/mol. The van der Waals surface area contributed by atoms with Gasteiger partial charge < -0.3 is 14.5 Å². The van der Waals surface area contributed by atoms with E-state index in [0.29, 0.717) is 24.1 Å². The van der Waals surface area contributed by atoms with Crippen LogP contribution in [0.5, 0.6) is 5.88 Å². The zero-order valence-electron chi connectivity index (χ0n) is 9.67. The SMILES string of the molecule is CNc1nc(OCc2ccco2)c2cn[nH]c2n1. The topological polar surface area (TPSA) is 88.9 Å². The first-order chi connectivity index (χ1) is 8.86. The Balaban J connectivity index is 1.92. The molecule has 7 nitrogen and oxygen atoms in total. The third-order valence-corrected chi connectivity index (χ3v) is 2.43. The lowest BCUT2D eigenvalue weighted by molar-refractivity contribution is 0.264. The van der Waals surface area contributed by atoms with Gasteiger partial charge in [0.25, 0.3) is 0 Å². The number of aromatic amines is 1. The summed E-state index contributed by atoms with van der Waals surface area (Å²) in [6, 6.07) is 3.65. The molecular weight excluding hydrogens is 234 g/mol. The fourth-order valence-corrected chi connectivity index (χ4v) is 1.56. The van der Waals surface area contributed by atoms with Crippen molar-refractivity contribution < 1.29 is 9.15 Å². The van der Waals surface area contributed by atoms with Crippen molar-refractivity contribution in [2.75, 3.05) is 12.4 Å². The summed E-state index contributed by atoms with van der Waals surface area (Å²) >= 11 is 0. The molecule has 18 heavy (non-hydrogen) atoms. The number of anilines is 1. The van der Waals surface area contributed by atoms with Crippen LogP contribution in [0.2, 0.25) is 0 Å². The molecule has 3 heterocycles. The zero-order valence-corrected chi connectivity index (χ0v) is 9.67. The lowest BCUT2D eigenvalue weighted by Crippen LogP contribution is -2.01. The van der Waals surface area contributed by atoms with Crippen LogP contribution in [0.25, 0.3) is 11.0 Å². The highest BCUT2D eigenvalue weighted by atomic mass is 16.5. The Morgan fingerprint density at radius 2 is 2.39 bits per heavy atom. The van der Waals surface area contributed by atoms with Crippen molar-refractivity contribution in [3.05, 3.63) is 30.4 Å². The van der Waals surface area contributed by atoms with E-state index in [-0.39, 0.29) is 0 Å². The van der Waals surface area contributed by atoms with Gasteiger partial charge in [-0.3, -0.25) is 5.10 Å². The maximum atomic E-state index is 5.62. The van der Waals surface area contributed by atoms with E-state index in [0.717, 1.165) is 11.1 Å². The molecule has 3 aromatic rings. The van der Waals surface area contributed by atoms with E-state index in [1.54, 1.807) is 19.5 Å². The van der Waals surface area contributed by atoms with E-state index in [1.165, 1.54) is 0 Å². The van der Waals surface area contributed by atoms with E-state index in [9.17, 15) is 0 Å². The minimum Gasteiger partial charge on any atom is -0.469 e. The summed E-state index contributed by atoms with van der Waals surface area (Å²) in [5.74, 6) is 1.67. The molecule has 3 rings (SSSR count). The minimum atomic E-state index is 0.313. The van der Waals surface area contributed by atoms with Gasteiger partial charge in [-0.1, -0.05) is 0 Å². The van der Waals surface area contributed by atoms with Crippen LogP contribution in [0.4, 0.5) is 5.95 Å². The molecule has 0 aliphatic rings. The van der Waals surface area contributed by atoms with Crippen molar-refractivity contribution in [2.24, 2.45) is 0 Å². The number of fused-ring (bicyclic) bond motifs is 1. The van der Waals surface area contributed by atoms with Crippen LogP contribution >= 0.6 is 0 Å². The highest BCUT2D eigenvalue weighted by Crippen LogP contribution is 2.22. The molecular formula is C11H11N5O2. The molecule has 0 aromatic carbocycles. The molecule has 0 radical (unpaired) electrons. The highest BCUT2D eigenvalue weighted by molar-refractivity contribution is 5.80. The molecule has 0 spiro atoms. The minimum absolute atomic E-state index is 0.313. The standard InChI is InChI=1S/C11H11N5O2/c1-12-11-14-9-8(5-13-16-9)10(15-11)18-6-7-3-2-4-17-7/h2-5H,6H2,1H3,(H2,12,13,14,15,16). The normalized spacial score (nSPS) is 10.7. The Labute approximate surface area is 102 Å². The van der Waals surface area contributed by atoms with Crippen LogP contribution in [0.15, 0.2) is 29.0 Å². The molecule has 0 bridgehead atoms. The molecule has 7 heteroatoms. The number of ether oxygens (including phenoxy) is 1. The zero-order chi connectivity index (χ0) is 12.4. The van der Waals surface area contributed by atoms with Crippen molar-refractivity contribution in [1.29, 1.82) is 0 Å². The van der Waals surface area contributed by atoms with Crippen LogP contribution in [0, 0.1) is 0 Å². The quantitative estimate of drug-likeness (QED) is 0.725. The van der Waals surface area contributed by atoms with Crippen molar-refractivity contribution in [1.82, 2.24) is 20.2 Å². The van der Waals surface area contributed by atoms with Gasteiger partial charge >= 0.3 is 0 Å². The number of H-pyrrole nitrogens is 1. The van der Waals surface area contributed by atoms with Crippen LogP contribution in [-0.4, -0.2) is 27.2 Å². The van der Waals surface area contributed by atoms with Crippen LogP contribution < -0.4 is 10.1 Å². The van der Waals surface area contributed by atoms with Gasteiger partial charge in [-0.15, -0.1) is 0 Å². The van der Waals surface area contributed by atoms with Gasteiger partial charge in [0.1, 0.15) is 17.8 Å². The lowest BCUT2D eigenvalue weighted by Gasteiger charge is -2.06. The maximum Gasteiger partial charge on any atom is 0.230 e. The van der Waals surface area contributed by atoms with Crippen molar-refractivity contribution >= 4 is 17.0 Å². The van der Waals surface area contributed by atoms with Gasteiger partial charge in [-0.2, -0.15) is 15.1 Å². The Morgan fingerprint density at radius 3 is 3.17 bits per heavy atom. The summed E-state index contributed by atoms with van der Waals surface area (Å²) in [7, 11) is 1.74. The first kappa shape index (κ1) is 10.6. The van der Waals surface area contributed by atoms with Crippen LogP contribution in [0.3, 0.4) is 0 Å². The van der Waals surface area contributed by atoms with Crippen molar-refractivity contribution in [3.63, 3.8) is 0 Å². The van der Waals surface area contributed by atoms with Crippen LogP contribution in [-0.2, 0) is 6.61 Å². The van der Waals surface area contributed by atoms with E-state index in [4.69, 9.17) is 9.15 Å². The predicted molar refractivity (Wildman–Crippen MR) is 64.3 cm³/mol. The fraction of sp³-hybridized carbons (Fsp3) is 0.182. The molecule has 0 atom stereocenters. The monoisotopic (exact) mass is 245 g/mol. The number of furan rings is 1. The highest BCUT2D eigenvalue weighted by Gasteiger charge is 2.10. The van der Waals surface area contributed by atoms with Gasteiger partial charge in [0.15, 0.2) is 5.65 Å². The van der Waals surface area contributed by atoms with Crippen molar-refractivity contribution in [2.45, 2.75) is 6.61 Å². The molecule has 92 valence electrons. The van der Waals surface area contributed by atoms with Gasteiger partial charge in [0.05, 0.1) is 12.5 Å². The Kier molecular flexibility index (Phi) is 2.56. The summed E-state index contributed by atoms with van der Waals surface area (Å²) in [6.07, 6.45) is 3.23. The molecule has 0 saturated carbocycles. The second-order valence-electron chi connectivity index (χ2n) is 3.60. The number of nitrogens with one attached hydrogen (secondary N) is 2. The second kappa shape index (κ2) is 4.36. The second-order valence-corrected chi connectivity index (χ2v) is 3.60. The molecule has 3 aromatic heterocycles. The largest absolute Gasteiger partial charge is 0.469 e. The molecule has 0 aliphatic carbocycles. The van der Waals surface area contributed by atoms with E-state index in [1.807, 2.05) is 12.1 Å². The van der Waals surface area contributed by atoms with Gasteiger partial charge in [0.2, 0.25) is 11.8 Å². The third kappa shape index (κ3) is 1.86. The van der Waals surface area contributed by atoms with Gasteiger partial charge in [0, 0.05) is 7.05 Å². The van der Waals surface area contributed by atoms with Gasteiger partial charge in [-0.05, 0) is 12.1 Å². The maximum absolute atomic E-state index is 5.62. The fourth-order valence-electron chi connectivity index (χ4n) is 1.56. The number of hydrogen-bond acceptors (Lipinski definition) is 6. The number of aromatic nitrogens is 4. The lowest BCUT2D eigenvalue weighted by atomic mass is 10.4. The molecule has 0 aliphatic heterocycles. The number of rotatable bonds is 4. The van der Waals surface area contributed by atoms with Crippen LogP contribution in [0.1, 0.15) is 5.76 Å². The van der Waals surface area contributed by atoms with E-state index in [2.05, 4.69) is 25.5 Å². The first-order valence-electron chi connectivity index (χ1n) is 5.41. The Hall–Kier alpha value is -2.57. The molecule has 0 amide bonds. The number of hydrogen-bond donors (Lipinski definition) is 2. The predicted octanol–water partition coefficient (Wildman–Crippen LogP) is 1.57. The molecule has 0 fully saturated rings.